The van der Waals surface area contributed by atoms with Crippen molar-refractivity contribution in [3.05, 3.63) is 52.5 Å². The molecule has 2 aromatic heterocycles. The third-order valence-electron chi connectivity index (χ3n) is 2.92. The van der Waals surface area contributed by atoms with E-state index in [-0.39, 0.29) is 11.9 Å². The third kappa shape index (κ3) is 3.49. The van der Waals surface area contributed by atoms with E-state index in [2.05, 4.69) is 11.7 Å². The maximum atomic E-state index is 12.5. The number of amides is 1. The summed E-state index contributed by atoms with van der Waals surface area (Å²) in [4.78, 5) is 15.3. The molecule has 20 heavy (non-hydrogen) atoms. The number of hydrogen-bond acceptors (Lipinski definition) is 3. The summed E-state index contributed by atoms with van der Waals surface area (Å²) < 4.78 is 2.38. The van der Waals surface area contributed by atoms with Crippen molar-refractivity contribution in [3.63, 3.8) is 0 Å². The van der Waals surface area contributed by atoms with Gasteiger partial charge in [0.2, 0.25) is 5.91 Å². The van der Waals surface area contributed by atoms with Gasteiger partial charge in [-0.2, -0.15) is 5.10 Å². The molecular formula is C14H16ClN3OS. The Labute approximate surface area is 127 Å². The molecule has 4 nitrogen and oxygen atoms in total. The minimum Gasteiger partial charge on any atom is -0.332 e. The molecule has 1 atom stereocenters. The molecule has 0 bridgehead atoms. The molecule has 0 aromatic carbocycles. The van der Waals surface area contributed by atoms with Crippen molar-refractivity contribution in [2.45, 2.75) is 19.5 Å². The molecule has 0 N–H and O–H groups in total. The Morgan fingerprint density at radius 3 is 3.00 bits per heavy atom. The van der Waals surface area contributed by atoms with E-state index in [0.717, 1.165) is 9.21 Å². The van der Waals surface area contributed by atoms with E-state index in [1.54, 1.807) is 34.1 Å². The molecule has 0 aliphatic carbocycles. The highest BCUT2D eigenvalue weighted by atomic mass is 35.5. The van der Waals surface area contributed by atoms with Crippen molar-refractivity contribution >= 4 is 28.8 Å². The SMILES string of the molecule is C=CCN(Cc1ccc(Cl)s1)C(=O)C(C)n1cccn1. The molecule has 0 saturated heterocycles. The lowest BCUT2D eigenvalue weighted by Crippen LogP contribution is -2.36. The molecular weight excluding hydrogens is 294 g/mol. The van der Waals surface area contributed by atoms with E-state index in [0.29, 0.717) is 13.1 Å². The Morgan fingerprint density at radius 2 is 2.45 bits per heavy atom. The zero-order valence-corrected chi connectivity index (χ0v) is 12.8. The van der Waals surface area contributed by atoms with Gasteiger partial charge in [-0.3, -0.25) is 9.48 Å². The van der Waals surface area contributed by atoms with Crippen LogP contribution in [0.15, 0.2) is 43.2 Å². The first-order valence-corrected chi connectivity index (χ1v) is 7.44. The van der Waals surface area contributed by atoms with Crippen LogP contribution in [0.2, 0.25) is 4.34 Å². The molecule has 1 amide bonds. The van der Waals surface area contributed by atoms with E-state index in [4.69, 9.17) is 11.6 Å². The molecule has 106 valence electrons. The van der Waals surface area contributed by atoms with Crippen molar-refractivity contribution in [3.8, 4) is 0 Å². The van der Waals surface area contributed by atoms with Crippen molar-refractivity contribution < 1.29 is 4.79 Å². The number of hydrogen-bond donors (Lipinski definition) is 0. The largest absolute Gasteiger partial charge is 0.332 e. The van der Waals surface area contributed by atoms with Gasteiger partial charge in [0.15, 0.2) is 0 Å². The summed E-state index contributed by atoms with van der Waals surface area (Å²) in [6.45, 7) is 6.59. The van der Waals surface area contributed by atoms with Gasteiger partial charge in [-0.05, 0) is 25.1 Å². The van der Waals surface area contributed by atoms with E-state index in [1.807, 2.05) is 19.1 Å². The van der Waals surface area contributed by atoms with Crippen LogP contribution in [0.4, 0.5) is 0 Å². The fraction of sp³-hybridized carbons (Fsp3) is 0.286. The van der Waals surface area contributed by atoms with Gasteiger partial charge in [0, 0.05) is 23.8 Å². The first-order chi connectivity index (χ1) is 9.61. The molecule has 6 heteroatoms. The van der Waals surface area contributed by atoms with E-state index in [9.17, 15) is 4.79 Å². The van der Waals surface area contributed by atoms with Crippen LogP contribution in [-0.2, 0) is 11.3 Å². The fourth-order valence-electron chi connectivity index (χ4n) is 1.90. The zero-order chi connectivity index (χ0) is 14.5. The first kappa shape index (κ1) is 14.8. The van der Waals surface area contributed by atoms with Crippen LogP contribution in [0.1, 0.15) is 17.8 Å². The maximum absolute atomic E-state index is 12.5. The van der Waals surface area contributed by atoms with Crippen LogP contribution in [0, 0.1) is 0 Å². The number of nitrogens with zero attached hydrogens (tertiary/aromatic N) is 3. The van der Waals surface area contributed by atoms with Gasteiger partial charge in [-0.1, -0.05) is 17.7 Å². The van der Waals surface area contributed by atoms with Crippen molar-refractivity contribution in [1.29, 1.82) is 0 Å². The topological polar surface area (TPSA) is 38.1 Å². The predicted octanol–water partition coefficient (Wildman–Crippen LogP) is 3.37. The highest BCUT2D eigenvalue weighted by Gasteiger charge is 2.21. The molecule has 0 saturated carbocycles. The Kier molecular flexibility index (Phi) is 4.98. The number of carbonyl (C=O) groups excluding carboxylic acids is 1. The molecule has 0 fully saturated rings. The van der Waals surface area contributed by atoms with Crippen LogP contribution in [-0.4, -0.2) is 27.1 Å². The van der Waals surface area contributed by atoms with Gasteiger partial charge in [-0.15, -0.1) is 17.9 Å². The van der Waals surface area contributed by atoms with Gasteiger partial charge in [-0.25, -0.2) is 0 Å². The maximum Gasteiger partial charge on any atom is 0.247 e. The molecule has 0 radical (unpaired) electrons. The minimum absolute atomic E-state index is 0.0122. The molecule has 2 rings (SSSR count). The summed E-state index contributed by atoms with van der Waals surface area (Å²) in [7, 11) is 0. The Balaban J connectivity index is 2.11. The number of aromatic nitrogens is 2. The number of carbonyl (C=O) groups is 1. The highest BCUT2D eigenvalue weighted by Crippen LogP contribution is 2.23. The van der Waals surface area contributed by atoms with Gasteiger partial charge in [0.1, 0.15) is 6.04 Å². The van der Waals surface area contributed by atoms with E-state index < -0.39 is 0 Å². The Bertz CT molecular complexity index is 579. The van der Waals surface area contributed by atoms with Crippen molar-refractivity contribution in [2.24, 2.45) is 0 Å². The average Bonchev–Trinajstić information content (AvgIpc) is 3.08. The van der Waals surface area contributed by atoms with E-state index >= 15 is 0 Å². The average molecular weight is 310 g/mol. The molecule has 1 unspecified atom stereocenters. The number of halogens is 1. The summed E-state index contributed by atoms with van der Waals surface area (Å²) in [5.41, 5.74) is 0. The zero-order valence-electron chi connectivity index (χ0n) is 11.2. The van der Waals surface area contributed by atoms with Crippen LogP contribution < -0.4 is 0 Å². The van der Waals surface area contributed by atoms with Crippen LogP contribution in [0.25, 0.3) is 0 Å². The lowest BCUT2D eigenvalue weighted by Gasteiger charge is -2.24. The quantitative estimate of drug-likeness (QED) is 0.767. The minimum atomic E-state index is -0.333. The summed E-state index contributed by atoms with van der Waals surface area (Å²) in [6.07, 6.45) is 5.18. The number of rotatable bonds is 6. The molecule has 2 heterocycles. The van der Waals surface area contributed by atoms with E-state index in [1.165, 1.54) is 11.3 Å². The van der Waals surface area contributed by atoms with Crippen molar-refractivity contribution in [2.75, 3.05) is 6.54 Å². The third-order valence-corrected chi connectivity index (χ3v) is 4.13. The summed E-state index contributed by atoms with van der Waals surface area (Å²) in [5, 5.41) is 4.12. The van der Waals surface area contributed by atoms with Gasteiger partial charge >= 0.3 is 0 Å². The second kappa shape index (κ2) is 6.72. The molecule has 0 aliphatic rings. The summed E-state index contributed by atoms with van der Waals surface area (Å²) in [5.74, 6) is 0.0122. The smallest absolute Gasteiger partial charge is 0.247 e. The second-order valence-corrected chi connectivity index (χ2v) is 6.17. The Hall–Kier alpha value is -1.59. The number of thiophene rings is 1. The molecule has 2 aromatic rings. The van der Waals surface area contributed by atoms with Gasteiger partial charge < -0.3 is 4.90 Å². The predicted molar refractivity (Wildman–Crippen MR) is 81.9 cm³/mol. The van der Waals surface area contributed by atoms with Gasteiger partial charge in [0.05, 0.1) is 10.9 Å². The van der Waals surface area contributed by atoms with Crippen LogP contribution in [0.5, 0.6) is 0 Å². The summed E-state index contributed by atoms with van der Waals surface area (Å²) in [6, 6.07) is 5.25. The molecule has 0 aliphatic heterocycles. The molecule has 0 spiro atoms. The lowest BCUT2D eigenvalue weighted by molar-refractivity contribution is -0.134. The van der Waals surface area contributed by atoms with Crippen LogP contribution in [0.3, 0.4) is 0 Å². The lowest BCUT2D eigenvalue weighted by atomic mass is 10.2. The summed E-state index contributed by atoms with van der Waals surface area (Å²) >= 11 is 7.41. The second-order valence-electron chi connectivity index (χ2n) is 4.38. The Morgan fingerprint density at radius 1 is 1.65 bits per heavy atom. The van der Waals surface area contributed by atoms with Crippen molar-refractivity contribution in [1.82, 2.24) is 14.7 Å². The normalized spacial score (nSPS) is 12.1. The first-order valence-electron chi connectivity index (χ1n) is 6.25. The standard InChI is InChI=1S/C14H16ClN3OS/c1-3-8-17(10-12-5-6-13(15)20-12)14(19)11(2)18-9-4-7-16-18/h3-7,9,11H,1,8,10H2,2H3. The highest BCUT2D eigenvalue weighted by molar-refractivity contribution is 7.16. The van der Waals surface area contributed by atoms with Crippen LogP contribution >= 0.6 is 22.9 Å². The fourth-order valence-corrected chi connectivity index (χ4v) is 3.00. The monoisotopic (exact) mass is 309 g/mol. The van der Waals surface area contributed by atoms with Gasteiger partial charge in [0.25, 0.3) is 0 Å².